The van der Waals surface area contributed by atoms with Gasteiger partial charge in [-0.2, -0.15) is 0 Å². The van der Waals surface area contributed by atoms with Crippen LogP contribution in [0.2, 0.25) is 0 Å². The molecule has 0 saturated heterocycles. The summed E-state index contributed by atoms with van der Waals surface area (Å²) in [5.41, 5.74) is 4.53. The van der Waals surface area contributed by atoms with Crippen molar-refractivity contribution in [3.8, 4) is 11.1 Å². The zero-order valence-electron chi connectivity index (χ0n) is 17.9. The van der Waals surface area contributed by atoms with Crippen molar-refractivity contribution in [3.63, 3.8) is 0 Å². The highest BCUT2D eigenvalue weighted by atomic mass is 19.1. The number of methoxy groups -OCH3 is 1. The molecule has 1 aromatic heterocycles. The molecular formula is C26H26FNO4. The predicted octanol–water partition coefficient (Wildman–Crippen LogP) is 4.61. The molecule has 0 amide bonds. The van der Waals surface area contributed by atoms with Gasteiger partial charge in [0.15, 0.2) is 0 Å². The first-order valence-electron chi connectivity index (χ1n) is 10.8. The molecule has 6 heteroatoms. The summed E-state index contributed by atoms with van der Waals surface area (Å²) in [6.45, 7) is 0. The van der Waals surface area contributed by atoms with E-state index in [9.17, 15) is 19.4 Å². The van der Waals surface area contributed by atoms with Crippen molar-refractivity contribution >= 4 is 22.9 Å². The zero-order valence-corrected chi connectivity index (χ0v) is 17.9. The third-order valence-electron chi connectivity index (χ3n) is 5.69. The van der Waals surface area contributed by atoms with Gasteiger partial charge in [-0.3, -0.25) is 9.78 Å². The first-order chi connectivity index (χ1) is 15.5. The Labute approximate surface area is 186 Å². The van der Waals surface area contributed by atoms with Gasteiger partial charge in [0.1, 0.15) is 5.82 Å². The van der Waals surface area contributed by atoms with Crippen LogP contribution in [0.4, 0.5) is 4.39 Å². The Morgan fingerprint density at radius 2 is 1.91 bits per heavy atom. The molecule has 0 spiro atoms. The summed E-state index contributed by atoms with van der Waals surface area (Å²) in [4.78, 5) is 16.3. The number of halogens is 1. The number of nitrogens with zero attached hydrogens (tertiary/aromatic N) is 1. The van der Waals surface area contributed by atoms with Crippen LogP contribution in [0.1, 0.15) is 42.9 Å². The van der Waals surface area contributed by atoms with E-state index < -0.39 is 18.2 Å². The quantitative estimate of drug-likeness (QED) is 0.505. The molecular weight excluding hydrogens is 409 g/mol. The maximum atomic E-state index is 13.6. The molecule has 1 fully saturated rings. The first-order valence-corrected chi connectivity index (χ1v) is 10.8. The Morgan fingerprint density at radius 1 is 1.19 bits per heavy atom. The predicted molar refractivity (Wildman–Crippen MR) is 121 cm³/mol. The molecule has 0 unspecified atom stereocenters. The van der Waals surface area contributed by atoms with E-state index in [1.165, 1.54) is 19.2 Å². The van der Waals surface area contributed by atoms with Crippen LogP contribution in [0.3, 0.4) is 0 Å². The second-order valence-electron chi connectivity index (χ2n) is 8.18. The Balaban J connectivity index is 1.75. The van der Waals surface area contributed by atoms with Crippen LogP contribution in [-0.4, -0.2) is 40.5 Å². The van der Waals surface area contributed by atoms with Crippen molar-refractivity contribution < 1.29 is 24.1 Å². The maximum Gasteiger partial charge on any atom is 0.308 e. The lowest BCUT2D eigenvalue weighted by atomic mass is 9.92. The number of esters is 1. The van der Waals surface area contributed by atoms with Gasteiger partial charge in [0.2, 0.25) is 0 Å². The Morgan fingerprint density at radius 3 is 2.59 bits per heavy atom. The molecule has 166 valence electrons. The van der Waals surface area contributed by atoms with Crippen LogP contribution in [-0.2, 0) is 9.53 Å². The highest BCUT2D eigenvalue weighted by molar-refractivity contribution is 5.99. The fourth-order valence-corrected chi connectivity index (χ4v) is 3.93. The summed E-state index contributed by atoms with van der Waals surface area (Å²) >= 11 is 0. The van der Waals surface area contributed by atoms with Gasteiger partial charge in [0, 0.05) is 28.9 Å². The van der Waals surface area contributed by atoms with E-state index in [0.717, 1.165) is 46.1 Å². The Hall–Kier alpha value is -3.09. The fraction of sp³-hybridized carbons (Fsp3) is 0.308. The van der Waals surface area contributed by atoms with E-state index in [2.05, 4.69) is 4.74 Å². The smallest absolute Gasteiger partial charge is 0.308 e. The average Bonchev–Trinajstić information content (AvgIpc) is 3.62. The molecule has 0 bridgehead atoms. The number of rotatable bonds is 8. The SMILES string of the molecule is COC(=O)C[C@@H](O)C[C@H](O)/C=C/c1c(C2CC2)nc2ccccc2c1-c1ccc(F)cc1. The second kappa shape index (κ2) is 9.59. The highest BCUT2D eigenvalue weighted by Gasteiger charge is 2.29. The summed E-state index contributed by atoms with van der Waals surface area (Å²) in [5.74, 6) is -0.482. The van der Waals surface area contributed by atoms with Crippen LogP contribution < -0.4 is 0 Å². The normalized spacial score (nSPS) is 15.8. The number of hydrogen-bond donors (Lipinski definition) is 2. The fourth-order valence-electron chi connectivity index (χ4n) is 3.93. The lowest BCUT2D eigenvalue weighted by molar-refractivity contribution is -0.143. The van der Waals surface area contributed by atoms with E-state index in [-0.39, 0.29) is 18.7 Å². The van der Waals surface area contributed by atoms with Crippen LogP contribution >= 0.6 is 0 Å². The number of hydrogen-bond acceptors (Lipinski definition) is 5. The third kappa shape index (κ3) is 5.03. The Kier molecular flexibility index (Phi) is 6.63. The molecule has 0 radical (unpaired) electrons. The number of carbonyl (C=O) groups is 1. The molecule has 1 aliphatic carbocycles. The monoisotopic (exact) mass is 435 g/mol. The van der Waals surface area contributed by atoms with Gasteiger partial charge in [-0.25, -0.2) is 4.39 Å². The molecule has 5 nitrogen and oxygen atoms in total. The van der Waals surface area contributed by atoms with E-state index in [0.29, 0.717) is 5.92 Å². The number of ether oxygens (including phenoxy) is 1. The lowest BCUT2D eigenvalue weighted by Gasteiger charge is -2.16. The van der Waals surface area contributed by atoms with E-state index in [1.807, 2.05) is 30.3 Å². The minimum absolute atomic E-state index is 0.0112. The summed E-state index contributed by atoms with van der Waals surface area (Å²) in [6.07, 6.45) is 3.44. The first kappa shape index (κ1) is 22.1. The van der Waals surface area contributed by atoms with E-state index in [1.54, 1.807) is 18.2 Å². The van der Waals surface area contributed by atoms with Gasteiger partial charge in [0.05, 0.1) is 36.9 Å². The molecule has 2 N–H and O–H groups in total. The summed E-state index contributed by atoms with van der Waals surface area (Å²) in [5, 5.41) is 21.4. The molecule has 3 aromatic rings. The molecule has 1 aliphatic rings. The minimum Gasteiger partial charge on any atom is -0.469 e. The number of carbonyl (C=O) groups excluding carboxylic acids is 1. The van der Waals surface area contributed by atoms with Crippen molar-refractivity contribution in [2.75, 3.05) is 7.11 Å². The van der Waals surface area contributed by atoms with Gasteiger partial charge in [-0.1, -0.05) is 42.5 Å². The van der Waals surface area contributed by atoms with Crippen LogP contribution in [0.25, 0.3) is 28.1 Å². The number of pyridine rings is 1. The van der Waals surface area contributed by atoms with Crippen molar-refractivity contribution in [2.24, 2.45) is 0 Å². The van der Waals surface area contributed by atoms with E-state index in [4.69, 9.17) is 4.98 Å². The number of para-hydroxylation sites is 1. The van der Waals surface area contributed by atoms with Gasteiger partial charge < -0.3 is 14.9 Å². The topological polar surface area (TPSA) is 79.7 Å². The van der Waals surface area contributed by atoms with Crippen molar-refractivity contribution in [1.82, 2.24) is 4.98 Å². The molecule has 2 atom stereocenters. The molecule has 2 aromatic carbocycles. The van der Waals surface area contributed by atoms with Crippen LogP contribution in [0.5, 0.6) is 0 Å². The number of aliphatic hydroxyl groups excluding tert-OH is 2. The molecule has 0 aliphatic heterocycles. The van der Waals surface area contributed by atoms with E-state index >= 15 is 0 Å². The van der Waals surface area contributed by atoms with Crippen molar-refractivity contribution in [3.05, 3.63) is 71.7 Å². The largest absolute Gasteiger partial charge is 0.469 e. The van der Waals surface area contributed by atoms with Crippen molar-refractivity contribution in [1.29, 1.82) is 0 Å². The number of aromatic nitrogens is 1. The number of fused-ring (bicyclic) bond motifs is 1. The minimum atomic E-state index is -1.00. The molecule has 4 rings (SSSR count). The summed E-state index contributed by atoms with van der Waals surface area (Å²) in [7, 11) is 1.26. The molecule has 1 saturated carbocycles. The zero-order chi connectivity index (χ0) is 22.7. The van der Waals surface area contributed by atoms with Crippen molar-refractivity contribution in [2.45, 2.75) is 43.8 Å². The van der Waals surface area contributed by atoms with Crippen LogP contribution in [0.15, 0.2) is 54.6 Å². The van der Waals surface area contributed by atoms with Gasteiger partial charge >= 0.3 is 5.97 Å². The second-order valence-corrected chi connectivity index (χ2v) is 8.18. The standard InChI is InChI=1S/C26H26FNO4/c1-32-24(31)15-20(30)14-19(29)12-13-22-25(16-8-10-18(27)11-9-16)21-4-2-3-5-23(21)28-26(22)17-6-7-17/h2-5,8-13,17,19-20,29-30H,6-7,14-15H2,1H3/b13-12+/t19-,20+/m1/s1. The average molecular weight is 435 g/mol. The third-order valence-corrected chi connectivity index (χ3v) is 5.69. The molecule has 1 heterocycles. The van der Waals surface area contributed by atoms with Gasteiger partial charge in [-0.05, 0) is 36.6 Å². The van der Waals surface area contributed by atoms with Gasteiger partial charge in [-0.15, -0.1) is 0 Å². The Bertz CT molecular complexity index is 1140. The lowest BCUT2D eigenvalue weighted by Crippen LogP contribution is -2.20. The van der Waals surface area contributed by atoms with Gasteiger partial charge in [0.25, 0.3) is 0 Å². The summed E-state index contributed by atoms with van der Waals surface area (Å²) in [6, 6.07) is 14.2. The summed E-state index contributed by atoms with van der Waals surface area (Å²) < 4.78 is 18.2. The number of benzene rings is 2. The highest BCUT2D eigenvalue weighted by Crippen LogP contribution is 2.45. The molecule has 32 heavy (non-hydrogen) atoms. The van der Waals surface area contributed by atoms with Crippen LogP contribution in [0, 0.1) is 5.82 Å². The maximum absolute atomic E-state index is 13.6. The number of aliphatic hydroxyl groups is 2.